The maximum absolute atomic E-state index is 6.21. The Hall–Kier alpha value is -3.76. The number of piperazine rings is 1. The van der Waals surface area contributed by atoms with Gasteiger partial charge >= 0.3 is 0 Å². The van der Waals surface area contributed by atoms with E-state index in [0.717, 1.165) is 37.8 Å². The fourth-order valence-electron chi connectivity index (χ4n) is 6.95. The SMILES string of the molecule is c1ccc(COc2ccc3c(c2)CCN(c2ccccc2)C3c2ccc(N3CCN4CCCCC4C3)cc2)cc1. The molecule has 0 radical (unpaired) electrons. The number of fused-ring (bicyclic) bond motifs is 2. The van der Waals surface area contributed by atoms with Gasteiger partial charge in [-0.15, -0.1) is 0 Å². The molecule has 0 aromatic heterocycles. The number of ether oxygens (including phenoxy) is 1. The number of para-hydroxylation sites is 1. The van der Waals surface area contributed by atoms with E-state index in [1.54, 1.807) is 0 Å². The molecule has 0 bridgehead atoms. The van der Waals surface area contributed by atoms with Crippen molar-refractivity contribution >= 4 is 11.4 Å². The first-order valence-corrected chi connectivity index (χ1v) is 15.0. The molecule has 2 saturated heterocycles. The van der Waals surface area contributed by atoms with Gasteiger partial charge in [-0.1, -0.05) is 73.2 Å². The molecule has 204 valence electrons. The van der Waals surface area contributed by atoms with E-state index in [1.807, 2.05) is 6.07 Å². The van der Waals surface area contributed by atoms with E-state index in [2.05, 4.69) is 112 Å². The molecule has 2 unspecified atom stereocenters. The van der Waals surface area contributed by atoms with E-state index < -0.39 is 0 Å². The lowest BCUT2D eigenvalue weighted by atomic mass is 9.87. The van der Waals surface area contributed by atoms with Gasteiger partial charge in [-0.3, -0.25) is 4.90 Å². The van der Waals surface area contributed by atoms with E-state index in [1.165, 1.54) is 66.0 Å². The van der Waals surface area contributed by atoms with Crippen LogP contribution in [0.1, 0.15) is 47.6 Å². The van der Waals surface area contributed by atoms with Crippen molar-refractivity contribution in [3.05, 3.63) is 125 Å². The van der Waals surface area contributed by atoms with Crippen LogP contribution in [0.3, 0.4) is 0 Å². The normalized spacial score (nSPS) is 21.0. The standard InChI is InChI=1S/C36H39N3O/c1-3-9-28(10-4-1)27-40-34-18-19-35-30(25-34)20-22-39(32-11-5-2-6-12-32)36(35)29-14-16-31(17-15-29)38-24-23-37-21-8-7-13-33(37)26-38/h1-6,9-12,14-19,25,33,36H,7-8,13,20-24,26-27H2. The van der Waals surface area contributed by atoms with Gasteiger partial charge in [0.25, 0.3) is 0 Å². The predicted molar refractivity (Wildman–Crippen MR) is 164 cm³/mol. The van der Waals surface area contributed by atoms with Gasteiger partial charge in [-0.05, 0) is 84.5 Å². The van der Waals surface area contributed by atoms with Crippen LogP contribution >= 0.6 is 0 Å². The Balaban J connectivity index is 1.16. The summed E-state index contributed by atoms with van der Waals surface area (Å²) in [5, 5.41) is 0. The fourth-order valence-corrected chi connectivity index (χ4v) is 6.95. The first-order valence-electron chi connectivity index (χ1n) is 15.0. The van der Waals surface area contributed by atoms with Crippen LogP contribution in [0.25, 0.3) is 0 Å². The van der Waals surface area contributed by atoms with Crippen LogP contribution in [0.5, 0.6) is 5.75 Å². The van der Waals surface area contributed by atoms with Gasteiger partial charge < -0.3 is 14.5 Å². The zero-order valence-corrected chi connectivity index (χ0v) is 23.3. The molecule has 4 heteroatoms. The summed E-state index contributed by atoms with van der Waals surface area (Å²) in [4.78, 5) is 7.89. The monoisotopic (exact) mass is 529 g/mol. The van der Waals surface area contributed by atoms with Gasteiger partial charge in [0, 0.05) is 43.6 Å². The van der Waals surface area contributed by atoms with E-state index in [4.69, 9.17) is 4.74 Å². The summed E-state index contributed by atoms with van der Waals surface area (Å²) < 4.78 is 6.21. The van der Waals surface area contributed by atoms with E-state index in [0.29, 0.717) is 6.61 Å². The average molecular weight is 530 g/mol. The second kappa shape index (κ2) is 11.4. The molecule has 4 nitrogen and oxygen atoms in total. The Kier molecular flexibility index (Phi) is 7.18. The largest absolute Gasteiger partial charge is 0.489 e. The van der Waals surface area contributed by atoms with Crippen molar-refractivity contribution in [2.24, 2.45) is 0 Å². The van der Waals surface area contributed by atoms with Crippen molar-refractivity contribution < 1.29 is 4.74 Å². The Bertz CT molecular complexity index is 1410. The van der Waals surface area contributed by atoms with Crippen LogP contribution < -0.4 is 14.5 Å². The molecule has 4 aromatic rings. The summed E-state index contributed by atoms with van der Waals surface area (Å²) in [6.45, 7) is 6.34. The van der Waals surface area contributed by atoms with Crippen molar-refractivity contribution in [2.75, 3.05) is 42.5 Å². The third-order valence-electron chi connectivity index (χ3n) is 9.09. The minimum atomic E-state index is 0.179. The summed E-state index contributed by atoms with van der Waals surface area (Å²) in [5.41, 5.74) is 7.95. The molecule has 3 heterocycles. The number of anilines is 2. The summed E-state index contributed by atoms with van der Waals surface area (Å²) in [6, 6.07) is 38.4. The minimum absolute atomic E-state index is 0.179. The molecule has 40 heavy (non-hydrogen) atoms. The lowest BCUT2D eigenvalue weighted by molar-refractivity contribution is 0.133. The topological polar surface area (TPSA) is 19.0 Å². The first kappa shape index (κ1) is 25.2. The summed E-state index contributed by atoms with van der Waals surface area (Å²) in [7, 11) is 0. The zero-order chi connectivity index (χ0) is 26.7. The zero-order valence-electron chi connectivity index (χ0n) is 23.3. The van der Waals surface area contributed by atoms with Crippen molar-refractivity contribution in [3.63, 3.8) is 0 Å². The molecule has 7 rings (SSSR count). The molecule has 2 fully saturated rings. The molecule has 0 saturated carbocycles. The average Bonchev–Trinajstić information content (AvgIpc) is 3.04. The lowest BCUT2D eigenvalue weighted by Crippen LogP contribution is -2.54. The molecule has 3 aliphatic heterocycles. The number of hydrogen-bond acceptors (Lipinski definition) is 4. The minimum Gasteiger partial charge on any atom is -0.489 e. The van der Waals surface area contributed by atoms with Crippen molar-refractivity contribution in [1.82, 2.24) is 4.90 Å². The molecule has 4 aromatic carbocycles. The van der Waals surface area contributed by atoms with Crippen LogP contribution in [0.15, 0.2) is 103 Å². The van der Waals surface area contributed by atoms with Gasteiger partial charge in [-0.2, -0.15) is 0 Å². The highest BCUT2D eigenvalue weighted by Gasteiger charge is 2.31. The second-order valence-corrected chi connectivity index (χ2v) is 11.5. The Morgan fingerprint density at radius 1 is 0.700 bits per heavy atom. The Morgan fingerprint density at radius 2 is 1.50 bits per heavy atom. The van der Waals surface area contributed by atoms with Gasteiger partial charge in [0.1, 0.15) is 12.4 Å². The van der Waals surface area contributed by atoms with Gasteiger partial charge in [-0.25, -0.2) is 0 Å². The molecule has 0 amide bonds. The molecular weight excluding hydrogens is 490 g/mol. The summed E-state index contributed by atoms with van der Waals surface area (Å²) in [6.07, 6.45) is 5.10. The molecular formula is C36H39N3O. The van der Waals surface area contributed by atoms with Crippen molar-refractivity contribution in [2.45, 2.75) is 44.4 Å². The lowest BCUT2D eigenvalue weighted by Gasteiger charge is -2.45. The number of nitrogens with zero attached hydrogens (tertiary/aromatic N) is 3. The van der Waals surface area contributed by atoms with Crippen LogP contribution in [-0.2, 0) is 13.0 Å². The Morgan fingerprint density at radius 3 is 2.33 bits per heavy atom. The maximum atomic E-state index is 6.21. The van der Waals surface area contributed by atoms with Gasteiger partial charge in [0.2, 0.25) is 0 Å². The Labute approximate surface area is 238 Å². The van der Waals surface area contributed by atoms with Gasteiger partial charge in [0.15, 0.2) is 0 Å². The highest BCUT2D eigenvalue weighted by Crippen LogP contribution is 2.40. The highest BCUT2D eigenvalue weighted by atomic mass is 16.5. The van der Waals surface area contributed by atoms with Crippen molar-refractivity contribution in [3.8, 4) is 5.75 Å². The molecule has 0 N–H and O–H groups in total. The molecule has 0 aliphatic carbocycles. The summed E-state index contributed by atoms with van der Waals surface area (Å²) >= 11 is 0. The number of piperidine rings is 1. The number of hydrogen-bond donors (Lipinski definition) is 0. The van der Waals surface area contributed by atoms with Gasteiger partial charge in [0.05, 0.1) is 6.04 Å². The third kappa shape index (κ3) is 5.21. The molecule has 2 atom stereocenters. The smallest absolute Gasteiger partial charge is 0.120 e. The predicted octanol–water partition coefficient (Wildman–Crippen LogP) is 7.09. The van der Waals surface area contributed by atoms with E-state index >= 15 is 0 Å². The number of benzene rings is 4. The fraction of sp³-hybridized carbons (Fsp3) is 0.333. The second-order valence-electron chi connectivity index (χ2n) is 11.5. The number of rotatable bonds is 6. The van der Waals surface area contributed by atoms with Crippen LogP contribution in [0.2, 0.25) is 0 Å². The summed E-state index contributed by atoms with van der Waals surface area (Å²) in [5.74, 6) is 0.951. The molecule has 0 spiro atoms. The van der Waals surface area contributed by atoms with E-state index in [9.17, 15) is 0 Å². The van der Waals surface area contributed by atoms with Crippen LogP contribution in [0.4, 0.5) is 11.4 Å². The van der Waals surface area contributed by atoms with Crippen molar-refractivity contribution in [1.29, 1.82) is 0 Å². The first-order chi connectivity index (χ1) is 19.8. The molecule has 3 aliphatic rings. The van der Waals surface area contributed by atoms with Crippen LogP contribution in [0, 0.1) is 0 Å². The highest BCUT2D eigenvalue weighted by molar-refractivity contribution is 5.58. The third-order valence-corrected chi connectivity index (χ3v) is 9.09. The quantitative estimate of drug-likeness (QED) is 0.265. The maximum Gasteiger partial charge on any atom is 0.120 e. The van der Waals surface area contributed by atoms with Crippen LogP contribution in [-0.4, -0.2) is 43.7 Å². The van der Waals surface area contributed by atoms with E-state index in [-0.39, 0.29) is 6.04 Å².